The molecular weight excluding hydrogens is 236 g/mol. The monoisotopic (exact) mass is 250 g/mol. The smallest absolute Gasteiger partial charge is 0.0992 e. The summed E-state index contributed by atoms with van der Waals surface area (Å²) in [6.45, 7) is 0.114. The number of halogens is 1. The number of hydrogen-bond donors (Lipinski definition) is 2. The molecule has 0 amide bonds. The van der Waals surface area contributed by atoms with E-state index >= 15 is 0 Å². The van der Waals surface area contributed by atoms with E-state index in [1.165, 1.54) is 0 Å². The Morgan fingerprint density at radius 3 is 2.65 bits per heavy atom. The molecule has 1 aromatic carbocycles. The number of hydrogen-bond acceptors (Lipinski definition) is 3. The van der Waals surface area contributed by atoms with Crippen LogP contribution in [0.15, 0.2) is 18.2 Å². The van der Waals surface area contributed by atoms with Crippen molar-refractivity contribution >= 4 is 17.3 Å². The highest BCUT2D eigenvalue weighted by atomic mass is 35.5. The Balaban J connectivity index is 2.21. The van der Waals surface area contributed by atoms with Crippen molar-refractivity contribution in [2.75, 3.05) is 11.9 Å². The average molecular weight is 251 g/mol. The van der Waals surface area contributed by atoms with Gasteiger partial charge in [0.1, 0.15) is 0 Å². The molecule has 90 valence electrons. The number of benzene rings is 1. The molecule has 0 aromatic heterocycles. The summed E-state index contributed by atoms with van der Waals surface area (Å²) < 4.78 is 0. The van der Waals surface area contributed by atoms with Crippen molar-refractivity contribution in [1.82, 2.24) is 0 Å². The van der Waals surface area contributed by atoms with Crippen LogP contribution < -0.4 is 5.32 Å². The fraction of sp³-hybridized carbons (Fsp3) is 0.462. The van der Waals surface area contributed by atoms with Crippen LogP contribution in [0.25, 0.3) is 0 Å². The predicted molar refractivity (Wildman–Crippen MR) is 68.1 cm³/mol. The fourth-order valence-electron chi connectivity index (χ4n) is 2.35. The van der Waals surface area contributed by atoms with Gasteiger partial charge in [-0.05, 0) is 31.0 Å². The molecular formula is C13H15ClN2O. The van der Waals surface area contributed by atoms with Crippen LogP contribution in [-0.2, 0) is 0 Å². The zero-order chi connectivity index (χ0) is 12.3. The maximum atomic E-state index is 9.51. The number of aliphatic hydroxyl groups excluding tert-OH is 1. The third-order valence-electron chi connectivity index (χ3n) is 3.36. The lowest BCUT2D eigenvalue weighted by molar-refractivity contribution is 0.214. The molecule has 0 bridgehead atoms. The van der Waals surface area contributed by atoms with Crippen LogP contribution in [0.4, 0.5) is 5.69 Å². The summed E-state index contributed by atoms with van der Waals surface area (Å²) in [5, 5.41) is 22.1. The van der Waals surface area contributed by atoms with E-state index in [9.17, 15) is 5.11 Å². The minimum Gasteiger partial charge on any atom is -0.394 e. The number of nitrogens with one attached hydrogen (secondary N) is 1. The van der Waals surface area contributed by atoms with Crippen LogP contribution >= 0.6 is 11.6 Å². The lowest BCUT2D eigenvalue weighted by Crippen LogP contribution is -2.39. The lowest BCUT2D eigenvalue weighted by Gasteiger charge is -2.29. The first-order valence-corrected chi connectivity index (χ1v) is 6.16. The number of anilines is 1. The first kappa shape index (κ1) is 12.2. The Bertz CT molecular complexity index is 447. The molecule has 1 saturated carbocycles. The average Bonchev–Trinajstić information content (AvgIpc) is 2.81. The summed E-state index contributed by atoms with van der Waals surface area (Å²) in [6.07, 6.45) is 4.17. The standard InChI is InChI=1S/C13H15ClN2O/c14-11-7-10(8-15)3-4-12(11)16-13(9-17)5-1-2-6-13/h3-4,7,16-17H,1-2,5-6,9H2. The molecule has 0 spiro atoms. The van der Waals surface area contributed by atoms with Crippen LogP contribution in [0.2, 0.25) is 5.02 Å². The minimum atomic E-state index is -0.238. The third kappa shape index (κ3) is 2.54. The lowest BCUT2D eigenvalue weighted by atomic mass is 9.98. The van der Waals surface area contributed by atoms with Gasteiger partial charge in [0.15, 0.2) is 0 Å². The van der Waals surface area contributed by atoms with Gasteiger partial charge in [-0.25, -0.2) is 0 Å². The van der Waals surface area contributed by atoms with E-state index in [0.29, 0.717) is 10.6 Å². The maximum Gasteiger partial charge on any atom is 0.0992 e. The SMILES string of the molecule is N#Cc1ccc(NC2(CO)CCCC2)c(Cl)c1. The van der Waals surface area contributed by atoms with Crippen LogP contribution in [0.3, 0.4) is 0 Å². The number of nitriles is 1. The molecule has 0 heterocycles. The van der Waals surface area contributed by atoms with Gasteiger partial charge in [-0.2, -0.15) is 5.26 Å². The predicted octanol–water partition coefficient (Wildman–Crippen LogP) is 2.93. The molecule has 2 N–H and O–H groups in total. The Morgan fingerprint density at radius 1 is 1.41 bits per heavy atom. The molecule has 4 heteroatoms. The van der Waals surface area contributed by atoms with E-state index in [1.807, 2.05) is 0 Å². The Labute approximate surface area is 106 Å². The molecule has 2 rings (SSSR count). The van der Waals surface area contributed by atoms with Gasteiger partial charge in [0.05, 0.1) is 34.5 Å². The number of rotatable bonds is 3. The van der Waals surface area contributed by atoms with Crippen LogP contribution in [-0.4, -0.2) is 17.3 Å². The van der Waals surface area contributed by atoms with Crippen molar-refractivity contribution in [1.29, 1.82) is 5.26 Å². The molecule has 0 aliphatic heterocycles. The van der Waals surface area contributed by atoms with Gasteiger partial charge in [-0.3, -0.25) is 0 Å². The molecule has 1 aliphatic rings. The fourth-order valence-corrected chi connectivity index (χ4v) is 2.57. The molecule has 0 unspecified atom stereocenters. The molecule has 0 atom stereocenters. The summed E-state index contributed by atoms with van der Waals surface area (Å²) in [6, 6.07) is 7.23. The van der Waals surface area contributed by atoms with Crippen LogP contribution in [0.1, 0.15) is 31.2 Å². The molecule has 3 nitrogen and oxygen atoms in total. The van der Waals surface area contributed by atoms with E-state index in [0.717, 1.165) is 31.4 Å². The second-order valence-corrected chi connectivity index (χ2v) is 4.98. The highest BCUT2D eigenvalue weighted by molar-refractivity contribution is 6.33. The molecule has 17 heavy (non-hydrogen) atoms. The second kappa shape index (κ2) is 4.95. The molecule has 1 aromatic rings. The molecule has 0 radical (unpaired) electrons. The van der Waals surface area contributed by atoms with Gasteiger partial charge in [0.2, 0.25) is 0 Å². The maximum absolute atomic E-state index is 9.51. The van der Waals surface area contributed by atoms with Crippen molar-refractivity contribution in [2.45, 2.75) is 31.2 Å². The Morgan fingerprint density at radius 2 is 2.12 bits per heavy atom. The topological polar surface area (TPSA) is 56.0 Å². The Hall–Kier alpha value is -1.24. The van der Waals surface area contributed by atoms with Gasteiger partial charge in [0, 0.05) is 0 Å². The summed E-state index contributed by atoms with van der Waals surface area (Å²) in [5.41, 5.74) is 1.10. The van der Waals surface area contributed by atoms with E-state index < -0.39 is 0 Å². The van der Waals surface area contributed by atoms with Crippen LogP contribution in [0, 0.1) is 11.3 Å². The minimum absolute atomic E-state index is 0.114. The Kier molecular flexibility index (Phi) is 3.56. The molecule has 0 saturated heterocycles. The van der Waals surface area contributed by atoms with Gasteiger partial charge in [-0.15, -0.1) is 0 Å². The largest absolute Gasteiger partial charge is 0.394 e. The molecule has 1 fully saturated rings. The quantitative estimate of drug-likeness (QED) is 0.867. The van der Waals surface area contributed by atoms with E-state index in [2.05, 4.69) is 11.4 Å². The number of nitrogens with zero attached hydrogens (tertiary/aromatic N) is 1. The zero-order valence-electron chi connectivity index (χ0n) is 9.54. The van der Waals surface area contributed by atoms with E-state index in [-0.39, 0.29) is 12.1 Å². The molecule has 1 aliphatic carbocycles. The van der Waals surface area contributed by atoms with Gasteiger partial charge in [-0.1, -0.05) is 24.4 Å². The summed E-state index contributed by atoms with van der Waals surface area (Å²) in [5.74, 6) is 0. The normalized spacial score (nSPS) is 17.7. The summed E-state index contributed by atoms with van der Waals surface area (Å²) >= 11 is 6.11. The van der Waals surface area contributed by atoms with Crippen molar-refractivity contribution in [2.24, 2.45) is 0 Å². The highest BCUT2D eigenvalue weighted by Crippen LogP contribution is 2.35. The van der Waals surface area contributed by atoms with Gasteiger partial charge < -0.3 is 10.4 Å². The van der Waals surface area contributed by atoms with Gasteiger partial charge >= 0.3 is 0 Å². The summed E-state index contributed by atoms with van der Waals surface area (Å²) in [7, 11) is 0. The van der Waals surface area contributed by atoms with Crippen molar-refractivity contribution in [3.63, 3.8) is 0 Å². The van der Waals surface area contributed by atoms with Crippen LogP contribution in [0.5, 0.6) is 0 Å². The summed E-state index contributed by atoms with van der Waals surface area (Å²) in [4.78, 5) is 0. The van der Waals surface area contributed by atoms with Gasteiger partial charge in [0.25, 0.3) is 0 Å². The second-order valence-electron chi connectivity index (χ2n) is 4.58. The van der Waals surface area contributed by atoms with Crippen molar-refractivity contribution in [3.8, 4) is 6.07 Å². The highest BCUT2D eigenvalue weighted by Gasteiger charge is 2.33. The van der Waals surface area contributed by atoms with E-state index in [1.54, 1.807) is 18.2 Å². The first-order valence-electron chi connectivity index (χ1n) is 5.78. The third-order valence-corrected chi connectivity index (χ3v) is 3.67. The van der Waals surface area contributed by atoms with Crippen molar-refractivity contribution in [3.05, 3.63) is 28.8 Å². The zero-order valence-corrected chi connectivity index (χ0v) is 10.3. The number of aliphatic hydroxyl groups is 1. The first-order chi connectivity index (χ1) is 8.19. The van der Waals surface area contributed by atoms with E-state index in [4.69, 9.17) is 16.9 Å². The van der Waals surface area contributed by atoms with Crippen molar-refractivity contribution < 1.29 is 5.11 Å².